The first-order valence-corrected chi connectivity index (χ1v) is 6.52. The Kier molecular flexibility index (Phi) is 4.56. The molecular weight excluding hydrogens is 248 g/mol. The summed E-state index contributed by atoms with van der Waals surface area (Å²) in [7, 11) is 0. The molecular formula is C17H18N2O. The lowest BCUT2D eigenvalue weighted by atomic mass is 10.1. The molecule has 0 aromatic heterocycles. The number of para-hydroxylation sites is 1. The number of aryl methyl sites for hydroxylation is 2. The van der Waals surface area contributed by atoms with Crippen LogP contribution < -0.4 is 10.6 Å². The van der Waals surface area contributed by atoms with Crippen LogP contribution in [0.25, 0.3) is 6.08 Å². The summed E-state index contributed by atoms with van der Waals surface area (Å²) in [5.74, 6) is 0. The number of carbonyl (C=O) groups is 1. The number of anilines is 1. The van der Waals surface area contributed by atoms with Crippen molar-refractivity contribution in [2.24, 2.45) is 0 Å². The Morgan fingerprint density at radius 1 is 0.950 bits per heavy atom. The van der Waals surface area contributed by atoms with Crippen LogP contribution in [-0.2, 0) is 0 Å². The summed E-state index contributed by atoms with van der Waals surface area (Å²) >= 11 is 0. The van der Waals surface area contributed by atoms with Gasteiger partial charge in [0.1, 0.15) is 0 Å². The third-order valence-electron chi connectivity index (χ3n) is 3.01. The average Bonchev–Trinajstić information content (AvgIpc) is 2.44. The number of carbonyl (C=O) groups excluding carboxylic acids is 1. The van der Waals surface area contributed by atoms with Gasteiger partial charge in [-0.15, -0.1) is 0 Å². The fraction of sp³-hybridized carbons (Fsp3) is 0.118. The first-order valence-electron chi connectivity index (χ1n) is 6.52. The molecule has 2 aromatic carbocycles. The largest absolute Gasteiger partial charge is 0.323 e. The second-order valence-electron chi connectivity index (χ2n) is 4.61. The van der Waals surface area contributed by atoms with Crippen molar-refractivity contribution in [2.45, 2.75) is 13.8 Å². The summed E-state index contributed by atoms with van der Waals surface area (Å²) in [5.41, 5.74) is 4.00. The van der Waals surface area contributed by atoms with Crippen molar-refractivity contribution in [3.05, 3.63) is 71.4 Å². The maximum Gasteiger partial charge on any atom is 0.323 e. The number of rotatable bonds is 3. The van der Waals surface area contributed by atoms with Crippen molar-refractivity contribution in [3.8, 4) is 0 Å². The first-order chi connectivity index (χ1) is 9.66. The van der Waals surface area contributed by atoms with Crippen LogP contribution in [0.3, 0.4) is 0 Å². The molecule has 0 fully saturated rings. The van der Waals surface area contributed by atoms with Crippen LogP contribution in [0.5, 0.6) is 0 Å². The van der Waals surface area contributed by atoms with Gasteiger partial charge in [-0.2, -0.15) is 0 Å². The molecule has 0 aliphatic heterocycles. The molecule has 0 bridgehead atoms. The summed E-state index contributed by atoms with van der Waals surface area (Å²) in [5, 5.41) is 5.57. The van der Waals surface area contributed by atoms with Crippen molar-refractivity contribution < 1.29 is 4.79 Å². The number of nitrogens with one attached hydrogen (secondary N) is 2. The van der Waals surface area contributed by atoms with Crippen molar-refractivity contribution in [2.75, 3.05) is 5.32 Å². The van der Waals surface area contributed by atoms with Crippen molar-refractivity contribution >= 4 is 17.8 Å². The minimum absolute atomic E-state index is 0.241. The van der Waals surface area contributed by atoms with E-state index in [2.05, 4.69) is 10.6 Å². The van der Waals surface area contributed by atoms with Crippen LogP contribution in [0.4, 0.5) is 10.5 Å². The molecule has 2 N–H and O–H groups in total. The predicted octanol–water partition coefficient (Wildman–Crippen LogP) is 4.10. The summed E-state index contributed by atoms with van der Waals surface area (Å²) in [6, 6.07) is 15.5. The van der Waals surface area contributed by atoms with Gasteiger partial charge in [-0.3, -0.25) is 0 Å². The molecule has 2 rings (SSSR count). The molecule has 0 radical (unpaired) electrons. The SMILES string of the molecule is Cc1cccc(C)c1NC(=O)N/C=C/c1ccccc1. The van der Waals surface area contributed by atoms with Gasteiger partial charge >= 0.3 is 6.03 Å². The Balaban J connectivity index is 1.95. The minimum atomic E-state index is -0.241. The highest BCUT2D eigenvalue weighted by Crippen LogP contribution is 2.18. The van der Waals surface area contributed by atoms with Crippen molar-refractivity contribution in [3.63, 3.8) is 0 Å². The molecule has 0 saturated carbocycles. The molecule has 3 heteroatoms. The van der Waals surface area contributed by atoms with Crippen LogP contribution in [-0.4, -0.2) is 6.03 Å². The quantitative estimate of drug-likeness (QED) is 0.863. The van der Waals surface area contributed by atoms with E-state index in [9.17, 15) is 4.79 Å². The topological polar surface area (TPSA) is 41.1 Å². The van der Waals surface area contributed by atoms with Crippen molar-refractivity contribution in [1.82, 2.24) is 5.32 Å². The number of benzene rings is 2. The smallest absolute Gasteiger partial charge is 0.314 e. The van der Waals surface area contributed by atoms with Crippen LogP contribution >= 0.6 is 0 Å². The summed E-state index contributed by atoms with van der Waals surface area (Å²) < 4.78 is 0. The summed E-state index contributed by atoms with van der Waals surface area (Å²) in [4.78, 5) is 11.8. The summed E-state index contributed by atoms with van der Waals surface area (Å²) in [6.07, 6.45) is 3.49. The zero-order chi connectivity index (χ0) is 14.4. The Morgan fingerprint density at radius 3 is 2.25 bits per heavy atom. The van der Waals surface area contributed by atoms with E-state index in [1.165, 1.54) is 0 Å². The van der Waals surface area contributed by atoms with Crippen LogP contribution in [0.2, 0.25) is 0 Å². The van der Waals surface area contributed by atoms with E-state index in [1.807, 2.05) is 68.5 Å². The Morgan fingerprint density at radius 2 is 1.60 bits per heavy atom. The Hall–Kier alpha value is -2.55. The highest BCUT2D eigenvalue weighted by atomic mass is 16.2. The second kappa shape index (κ2) is 6.57. The highest BCUT2D eigenvalue weighted by molar-refractivity contribution is 5.91. The van der Waals surface area contributed by atoms with Gasteiger partial charge in [-0.25, -0.2) is 4.79 Å². The van der Waals surface area contributed by atoms with E-state index >= 15 is 0 Å². The molecule has 20 heavy (non-hydrogen) atoms. The van der Waals surface area contributed by atoms with Crippen LogP contribution in [0.15, 0.2) is 54.7 Å². The molecule has 0 aliphatic rings. The molecule has 0 heterocycles. The highest BCUT2D eigenvalue weighted by Gasteiger charge is 2.04. The molecule has 0 spiro atoms. The van der Waals surface area contributed by atoms with Gasteiger partial charge in [0.2, 0.25) is 0 Å². The zero-order valence-corrected chi connectivity index (χ0v) is 11.7. The molecule has 3 nitrogen and oxygen atoms in total. The summed E-state index contributed by atoms with van der Waals surface area (Å²) in [6.45, 7) is 3.95. The lowest BCUT2D eigenvalue weighted by molar-refractivity contribution is 0.255. The van der Waals surface area contributed by atoms with Gasteiger partial charge in [0.15, 0.2) is 0 Å². The van der Waals surface area contributed by atoms with Gasteiger partial charge in [-0.1, -0.05) is 48.5 Å². The average molecular weight is 266 g/mol. The normalized spacial score (nSPS) is 10.5. The van der Waals surface area contributed by atoms with Crippen LogP contribution in [0, 0.1) is 13.8 Å². The van der Waals surface area contributed by atoms with E-state index in [4.69, 9.17) is 0 Å². The van der Waals surface area contributed by atoms with E-state index in [-0.39, 0.29) is 6.03 Å². The van der Waals surface area contributed by atoms with Crippen molar-refractivity contribution in [1.29, 1.82) is 0 Å². The Bertz CT molecular complexity index is 598. The fourth-order valence-electron chi connectivity index (χ4n) is 1.94. The van der Waals surface area contributed by atoms with Gasteiger partial charge in [-0.05, 0) is 36.6 Å². The standard InChI is InChI=1S/C17H18N2O/c1-13-7-6-8-14(2)16(13)19-17(20)18-12-11-15-9-4-3-5-10-15/h3-12H,1-2H3,(H2,18,19,20)/b12-11+. The van der Waals surface area contributed by atoms with Gasteiger partial charge < -0.3 is 10.6 Å². The molecule has 2 amide bonds. The third-order valence-corrected chi connectivity index (χ3v) is 3.01. The van der Waals surface area contributed by atoms with Gasteiger partial charge in [0.25, 0.3) is 0 Å². The lowest BCUT2D eigenvalue weighted by Crippen LogP contribution is -2.24. The number of amides is 2. The second-order valence-corrected chi connectivity index (χ2v) is 4.61. The Labute approximate surface area is 119 Å². The molecule has 0 atom stereocenters. The van der Waals surface area contributed by atoms with E-state index in [0.717, 1.165) is 22.4 Å². The zero-order valence-electron chi connectivity index (χ0n) is 11.7. The monoisotopic (exact) mass is 266 g/mol. The molecule has 0 aliphatic carbocycles. The minimum Gasteiger partial charge on any atom is -0.314 e. The van der Waals surface area contributed by atoms with E-state index < -0.39 is 0 Å². The third kappa shape index (κ3) is 3.72. The lowest BCUT2D eigenvalue weighted by Gasteiger charge is -2.10. The molecule has 2 aromatic rings. The number of hydrogen-bond acceptors (Lipinski definition) is 1. The molecule has 102 valence electrons. The van der Waals surface area contributed by atoms with Gasteiger partial charge in [0, 0.05) is 11.9 Å². The van der Waals surface area contributed by atoms with Crippen LogP contribution in [0.1, 0.15) is 16.7 Å². The maximum atomic E-state index is 11.8. The molecule has 0 saturated heterocycles. The number of hydrogen-bond donors (Lipinski definition) is 2. The number of urea groups is 1. The fourth-order valence-corrected chi connectivity index (χ4v) is 1.94. The van der Waals surface area contributed by atoms with E-state index in [0.29, 0.717) is 0 Å². The first kappa shape index (κ1) is 13.9. The molecule has 0 unspecified atom stereocenters. The predicted molar refractivity (Wildman–Crippen MR) is 83.5 cm³/mol. The van der Waals surface area contributed by atoms with Gasteiger partial charge in [0.05, 0.1) is 0 Å². The maximum absolute atomic E-state index is 11.8. The van der Waals surface area contributed by atoms with E-state index in [1.54, 1.807) is 6.20 Å².